The number of nitrogens with one attached hydrogen (secondary N) is 1. The maximum absolute atomic E-state index is 5.62. The molecule has 3 rings (SSSR count). The van der Waals surface area contributed by atoms with E-state index in [0.717, 1.165) is 44.1 Å². The minimum Gasteiger partial charge on any atom is -0.381 e. The first-order chi connectivity index (χ1) is 8.88. The van der Waals surface area contributed by atoms with E-state index in [1.54, 1.807) is 0 Å². The Balaban J connectivity index is 1.98. The van der Waals surface area contributed by atoms with Crippen LogP contribution in [0.25, 0.3) is 0 Å². The van der Waals surface area contributed by atoms with Crippen molar-refractivity contribution in [1.82, 2.24) is 9.97 Å². The summed E-state index contributed by atoms with van der Waals surface area (Å²) in [5.74, 6) is 7.69. The van der Waals surface area contributed by atoms with Gasteiger partial charge in [-0.2, -0.15) is 0 Å². The van der Waals surface area contributed by atoms with Crippen LogP contribution in [0.1, 0.15) is 48.7 Å². The number of nitrogens with zero attached hydrogens (tertiary/aromatic N) is 2. The van der Waals surface area contributed by atoms with E-state index in [-0.39, 0.29) is 0 Å². The molecule has 5 nitrogen and oxygen atoms in total. The van der Waals surface area contributed by atoms with Crippen molar-refractivity contribution in [3.05, 3.63) is 17.1 Å². The van der Waals surface area contributed by atoms with E-state index in [1.165, 1.54) is 30.5 Å². The van der Waals surface area contributed by atoms with Crippen LogP contribution in [0.5, 0.6) is 0 Å². The lowest BCUT2D eigenvalue weighted by Gasteiger charge is -2.14. The molecule has 2 aliphatic rings. The summed E-state index contributed by atoms with van der Waals surface area (Å²) in [5.41, 5.74) is 5.17. The average molecular weight is 248 g/mol. The predicted molar refractivity (Wildman–Crippen MR) is 69.3 cm³/mol. The molecule has 1 fully saturated rings. The third-order valence-electron chi connectivity index (χ3n) is 3.88. The van der Waals surface area contributed by atoms with Crippen molar-refractivity contribution in [3.63, 3.8) is 0 Å². The van der Waals surface area contributed by atoms with Crippen LogP contribution in [0.15, 0.2) is 0 Å². The number of hydrogen-bond donors (Lipinski definition) is 2. The highest BCUT2D eigenvalue weighted by Crippen LogP contribution is 2.28. The molecule has 1 aromatic rings. The first kappa shape index (κ1) is 11.9. The zero-order valence-corrected chi connectivity index (χ0v) is 10.6. The number of nitrogens with two attached hydrogens (primary N) is 1. The van der Waals surface area contributed by atoms with E-state index in [4.69, 9.17) is 15.6 Å². The molecule has 0 aromatic carbocycles. The van der Waals surface area contributed by atoms with Gasteiger partial charge in [-0.1, -0.05) is 6.42 Å². The molecule has 0 spiro atoms. The molecule has 0 bridgehead atoms. The monoisotopic (exact) mass is 248 g/mol. The van der Waals surface area contributed by atoms with Crippen LogP contribution < -0.4 is 11.3 Å². The Kier molecular flexibility index (Phi) is 3.43. The Morgan fingerprint density at radius 1 is 1.17 bits per heavy atom. The summed E-state index contributed by atoms with van der Waals surface area (Å²) in [6.45, 7) is 1.55. The minimum atomic E-state index is 0.339. The van der Waals surface area contributed by atoms with Gasteiger partial charge >= 0.3 is 0 Å². The van der Waals surface area contributed by atoms with E-state index in [2.05, 4.69) is 10.4 Å². The molecule has 1 unspecified atom stereocenters. The highest BCUT2D eigenvalue weighted by Gasteiger charge is 2.24. The zero-order valence-electron chi connectivity index (χ0n) is 10.6. The van der Waals surface area contributed by atoms with Gasteiger partial charge in [-0.05, 0) is 32.1 Å². The molecular weight excluding hydrogens is 228 g/mol. The van der Waals surface area contributed by atoms with Crippen LogP contribution in [-0.2, 0) is 17.6 Å². The van der Waals surface area contributed by atoms with E-state index in [0.29, 0.717) is 5.92 Å². The van der Waals surface area contributed by atoms with Crippen molar-refractivity contribution < 1.29 is 4.74 Å². The number of nitrogen functional groups attached to an aromatic ring is 1. The van der Waals surface area contributed by atoms with Gasteiger partial charge in [0.2, 0.25) is 0 Å². The van der Waals surface area contributed by atoms with Crippen LogP contribution in [0.2, 0.25) is 0 Å². The normalized spacial score (nSPS) is 23.5. The lowest BCUT2D eigenvalue weighted by molar-refractivity contribution is 0.193. The molecule has 0 saturated carbocycles. The third kappa shape index (κ3) is 2.20. The van der Waals surface area contributed by atoms with Gasteiger partial charge < -0.3 is 10.2 Å². The summed E-state index contributed by atoms with van der Waals surface area (Å²) in [5, 5.41) is 0. The van der Waals surface area contributed by atoms with Crippen molar-refractivity contribution in [2.24, 2.45) is 5.84 Å². The van der Waals surface area contributed by atoms with Crippen molar-refractivity contribution in [1.29, 1.82) is 0 Å². The largest absolute Gasteiger partial charge is 0.381 e. The van der Waals surface area contributed by atoms with E-state index in [1.807, 2.05) is 0 Å². The first-order valence-electron chi connectivity index (χ1n) is 6.82. The highest BCUT2D eigenvalue weighted by atomic mass is 16.5. The second-order valence-corrected chi connectivity index (χ2v) is 5.12. The van der Waals surface area contributed by atoms with E-state index >= 15 is 0 Å². The average Bonchev–Trinajstić information content (AvgIpc) is 2.83. The summed E-state index contributed by atoms with van der Waals surface area (Å²) in [7, 11) is 0. The lowest BCUT2D eigenvalue weighted by atomic mass is 10.1. The van der Waals surface area contributed by atoms with Gasteiger partial charge in [0, 0.05) is 23.8 Å². The molecule has 2 heterocycles. The van der Waals surface area contributed by atoms with Gasteiger partial charge in [0.25, 0.3) is 0 Å². The van der Waals surface area contributed by atoms with Gasteiger partial charge in [-0.15, -0.1) is 0 Å². The van der Waals surface area contributed by atoms with Gasteiger partial charge in [0.05, 0.1) is 6.61 Å². The molecular formula is C13H20N4O. The van der Waals surface area contributed by atoms with Crippen LogP contribution in [-0.4, -0.2) is 23.2 Å². The van der Waals surface area contributed by atoms with E-state index in [9.17, 15) is 0 Å². The molecule has 1 aliphatic heterocycles. The first-order valence-corrected chi connectivity index (χ1v) is 6.82. The number of anilines is 1. The molecule has 3 N–H and O–H groups in total. The Morgan fingerprint density at radius 2 is 2.06 bits per heavy atom. The molecule has 98 valence electrons. The van der Waals surface area contributed by atoms with Crippen LogP contribution in [0, 0.1) is 0 Å². The molecule has 1 aromatic heterocycles. The quantitative estimate of drug-likeness (QED) is 0.472. The molecule has 0 amide bonds. The summed E-state index contributed by atoms with van der Waals surface area (Å²) in [6, 6.07) is 0. The molecule has 1 saturated heterocycles. The second kappa shape index (κ2) is 5.20. The Labute approximate surface area is 107 Å². The number of hydrazine groups is 1. The van der Waals surface area contributed by atoms with Crippen LogP contribution >= 0.6 is 0 Å². The summed E-state index contributed by atoms with van der Waals surface area (Å²) in [4.78, 5) is 9.38. The topological polar surface area (TPSA) is 73.1 Å². The van der Waals surface area contributed by atoms with Gasteiger partial charge in [-0.3, -0.25) is 0 Å². The van der Waals surface area contributed by atoms with Crippen molar-refractivity contribution >= 4 is 5.82 Å². The summed E-state index contributed by atoms with van der Waals surface area (Å²) < 4.78 is 5.42. The second-order valence-electron chi connectivity index (χ2n) is 5.12. The SMILES string of the molecule is NNc1nc(C2CCOC2)nc2c1CCCCC2. The van der Waals surface area contributed by atoms with Crippen molar-refractivity contribution in [2.75, 3.05) is 18.6 Å². The van der Waals surface area contributed by atoms with Gasteiger partial charge in [0.1, 0.15) is 11.6 Å². The molecule has 0 radical (unpaired) electrons. The zero-order chi connectivity index (χ0) is 12.4. The van der Waals surface area contributed by atoms with Crippen LogP contribution in [0.4, 0.5) is 5.82 Å². The third-order valence-corrected chi connectivity index (χ3v) is 3.88. The Hall–Kier alpha value is -1.20. The Bertz CT molecular complexity index is 429. The van der Waals surface area contributed by atoms with Gasteiger partial charge in [-0.25, -0.2) is 15.8 Å². The fourth-order valence-corrected chi connectivity index (χ4v) is 2.83. The lowest BCUT2D eigenvalue weighted by Crippen LogP contribution is -2.17. The predicted octanol–water partition coefficient (Wildman–Crippen LogP) is 1.53. The molecule has 18 heavy (non-hydrogen) atoms. The number of hydrogen-bond acceptors (Lipinski definition) is 5. The maximum atomic E-state index is 5.62. The van der Waals surface area contributed by atoms with Crippen molar-refractivity contribution in [2.45, 2.75) is 44.4 Å². The maximum Gasteiger partial charge on any atom is 0.147 e. The van der Waals surface area contributed by atoms with Crippen LogP contribution in [0.3, 0.4) is 0 Å². The number of aromatic nitrogens is 2. The minimum absolute atomic E-state index is 0.339. The highest BCUT2D eigenvalue weighted by molar-refractivity contribution is 5.46. The fourth-order valence-electron chi connectivity index (χ4n) is 2.83. The van der Waals surface area contributed by atoms with E-state index < -0.39 is 0 Å². The Morgan fingerprint density at radius 3 is 2.83 bits per heavy atom. The summed E-state index contributed by atoms with van der Waals surface area (Å²) in [6.07, 6.45) is 6.79. The number of rotatable bonds is 2. The van der Waals surface area contributed by atoms with Gasteiger partial charge in [0.15, 0.2) is 0 Å². The fraction of sp³-hybridized carbons (Fsp3) is 0.692. The number of ether oxygens (including phenoxy) is 1. The molecule has 1 aliphatic carbocycles. The number of aryl methyl sites for hydroxylation is 1. The summed E-state index contributed by atoms with van der Waals surface area (Å²) >= 11 is 0. The standard InChI is InChI=1S/C13H20N4O/c14-17-13-10-4-2-1-3-5-11(10)15-12(16-13)9-6-7-18-8-9/h9H,1-8,14H2,(H,15,16,17). The van der Waals surface area contributed by atoms with Crippen molar-refractivity contribution in [3.8, 4) is 0 Å². The molecule has 5 heteroatoms. The smallest absolute Gasteiger partial charge is 0.147 e. The molecule has 1 atom stereocenters. The number of fused-ring (bicyclic) bond motifs is 1.